The minimum atomic E-state index is -4.54. The highest BCUT2D eigenvalue weighted by Crippen LogP contribution is 2.36. The van der Waals surface area contributed by atoms with Crippen LogP contribution in [-0.2, 0) is 16.2 Å². The Labute approximate surface area is 221 Å². The summed E-state index contributed by atoms with van der Waals surface area (Å²) >= 11 is 0. The summed E-state index contributed by atoms with van der Waals surface area (Å²) in [6.07, 6.45) is 1.01. The van der Waals surface area contributed by atoms with E-state index in [0.717, 1.165) is 35.4 Å². The third-order valence-corrected chi connectivity index (χ3v) is 8.99. The molecule has 3 aromatic heterocycles. The zero-order valence-electron chi connectivity index (χ0n) is 22.1. The van der Waals surface area contributed by atoms with E-state index in [-0.39, 0.29) is 24.0 Å². The molecule has 1 aliphatic carbocycles. The van der Waals surface area contributed by atoms with Crippen LogP contribution in [0.5, 0.6) is 0 Å². The molecule has 0 saturated heterocycles. The van der Waals surface area contributed by atoms with Gasteiger partial charge in [0.1, 0.15) is 12.4 Å². The highest BCUT2D eigenvalue weighted by atomic mass is 28.3. The van der Waals surface area contributed by atoms with Crippen molar-refractivity contribution < 1.29 is 22.6 Å². The number of hydrogen-bond donors (Lipinski definition) is 0. The number of nitriles is 1. The Morgan fingerprint density at radius 1 is 1.16 bits per heavy atom. The average molecular weight is 549 g/mol. The third kappa shape index (κ3) is 6.65. The van der Waals surface area contributed by atoms with Gasteiger partial charge in [0.15, 0.2) is 11.5 Å². The van der Waals surface area contributed by atoms with E-state index in [0.29, 0.717) is 31.6 Å². The van der Waals surface area contributed by atoms with Crippen LogP contribution in [0.4, 0.5) is 13.2 Å². The number of pyridine rings is 2. The van der Waals surface area contributed by atoms with E-state index in [1.807, 2.05) is 23.0 Å². The van der Waals surface area contributed by atoms with Gasteiger partial charge in [-0.05, 0) is 43.7 Å². The molecule has 0 aromatic carbocycles. The fourth-order valence-electron chi connectivity index (χ4n) is 5.04. The summed E-state index contributed by atoms with van der Waals surface area (Å²) in [4.78, 5) is 17.3. The second kappa shape index (κ2) is 11.6. The van der Waals surface area contributed by atoms with E-state index in [9.17, 15) is 18.0 Å². The summed E-state index contributed by atoms with van der Waals surface area (Å²) in [6, 6.07) is 6.26. The van der Waals surface area contributed by atoms with E-state index >= 15 is 0 Å². The van der Waals surface area contributed by atoms with Crippen molar-refractivity contribution in [1.82, 2.24) is 14.1 Å². The third-order valence-electron chi connectivity index (χ3n) is 7.28. The van der Waals surface area contributed by atoms with Crippen LogP contribution in [0.15, 0.2) is 35.5 Å². The van der Waals surface area contributed by atoms with Crippen LogP contribution in [0.1, 0.15) is 38.1 Å². The predicted octanol–water partition coefficient (Wildman–Crippen LogP) is 6.26. The molecule has 11 heteroatoms. The van der Waals surface area contributed by atoms with Crippen LogP contribution in [-0.4, -0.2) is 47.7 Å². The normalized spacial score (nSPS) is 19.6. The minimum Gasteiger partial charge on any atom is -0.367 e. The Bertz CT molecular complexity index is 1350. The second-order valence-electron chi connectivity index (χ2n) is 11.4. The maximum atomic E-state index is 13.1. The first kappa shape index (κ1) is 28.3. The fourth-order valence-corrected chi connectivity index (χ4v) is 5.80. The van der Waals surface area contributed by atoms with Crippen molar-refractivity contribution in [1.29, 1.82) is 5.26 Å². The van der Waals surface area contributed by atoms with Gasteiger partial charge in [0, 0.05) is 50.8 Å². The molecule has 0 N–H and O–H groups in total. The van der Waals surface area contributed by atoms with Crippen molar-refractivity contribution in [2.45, 2.75) is 82.8 Å². The Morgan fingerprint density at radius 3 is 2.55 bits per heavy atom. The first-order valence-corrected chi connectivity index (χ1v) is 16.8. The maximum Gasteiger partial charge on any atom is 0.415 e. The number of halogens is 3. The van der Waals surface area contributed by atoms with Crippen LogP contribution in [0, 0.1) is 17.2 Å². The summed E-state index contributed by atoms with van der Waals surface area (Å²) in [5.41, 5.74) is 1.49. The predicted molar refractivity (Wildman–Crippen MR) is 143 cm³/mol. The highest BCUT2D eigenvalue weighted by molar-refractivity contribution is 6.76. The standard InChI is InChI=1S/C27H35F3N4O3Si/c1-38(2,3)15-14-36-18-33-12-9-21-25-22(16-32-26(21)33)23(35)10-13-34(25)20-6-4-19(5-7-20)17-37-24(8-11-31)27(28,29)30/h9-10,12-13,16,19-20,24H,4-8,14-15,17-18H2,1-3H3/t19-,20-,24?. The molecular weight excluding hydrogens is 513 g/mol. The molecule has 0 bridgehead atoms. The van der Waals surface area contributed by atoms with Gasteiger partial charge in [-0.25, -0.2) is 4.98 Å². The van der Waals surface area contributed by atoms with Crippen LogP contribution >= 0.6 is 0 Å². The quantitative estimate of drug-likeness (QED) is 0.221. The summed E-state index contributed by atoms with van der Waals surface area (Å²) in [6.45, 7) is 7.99. The molecule has 1 fully saturated rings. The van der Waals surface area contributed by atoms with Gasteiger partial charge in [-0.1, -0.05) is 19.6 Å². The van der Waals surface area contributed by atoms with Gasteiger partial charge in [-0.15, -0.1) is 0 Å². The molecule has 1 saturated carbocycles. The molecule has 38 heavy (non-hydrogen) atoms. The molecule has 1 aliphatic rings. The summed E-state index contributed by atoms with van der Waals surface area (Å²) in [5.74, 6) is -0.00323. The fraction of sp³-hybridized carbons (Fsp3) is 0.593. The minimum absolute atomic E-state index is 0.00323. The van der Waals surface area contributed by atoms with Gasteiger partial charge in [-0.3, -0.25) is 4.79 Å². The van der Waals surface area contributed by atoms with Gasteiger partial charge >= 0.3 is 6.18 Å². The summed E-state index contributed by atoms with van der Waals surface area (Å²) in [7, 11) is -1.19. The first-order chi connectivity index (χ1) is 18.0. The summed E-state index contributed by atoms with van der Waals surface area (Å²) < 4.78 is 54.3. The number of nitrogens with zero attached hydrogens (tertiary/aromatic N) is 4. The maximum absolute atomic E-state index is 13.1. The molecule has 3 heterocycles. The smallest absolute Gasteiger partial charge is 0.367 e. The molecule has 3 aromatic rings. The van der Waals surface area contributed by atoms with E-state index in [2.05, 4.69) is 29.2 Å². The van der Waals surface area contributed by atoms with Crippen molar-refractivity contribution in [3.8, 4) is 6.07 Å². The lowest BCUT2D eigenvalue weighted by atomic mass is 9.86. The van der Waals surface area contributed by atoms with Gasteiger partial charge in [0.25, 0.3) is 0 Å². The van der Waals surface area contributed by atoms with E-state index < -0.39 is 26.8 Å². The largest absolute Gasteiger partial charge is 0.415 e. The molecule has 1 atom stereocenters. The molecule has 0 spiro atoms. The Balaban J connectivity index is 1.49. The SMILES string of the molecule is C[Si](C)(C)CCOCn1ccc2c1ncc1c(=O)ccn([C@H]3CC[C@H](COC(CC#N)C(F)(F)F)CC3)c12. The van der Waals surface area contributed by atoms with Crippen molar-refractivity contribution in [3.63, 3.8) is 0 Å². The Hall–Kier alpha value is -2.68. The van der Waals surface area contributed by atoms with Crippen molar-refractivity contribution >= 4 is 30.0 Å². The topological polar surface area (TPSA) is 82.1 Å². The molecule has 1 unspecified atom stereocenters. The highest BCUT2D eigenvalue weighted by Gasteiger charge is 2.41. The van der Waals surface area contributed by atoms with Crippen LogP contribution in [0.3, 0.4) is 0 Å². The average Bonchev–Trinajstić information content (AvgIpc) is 3.27. The number of alkyl halides is 3. The van der Waals surface area contributed by atoms with E-state index in [4.69, 9.17) is 14.7 Å². The molecule has 4 rings (SSSR count). The monoisotopic (exact) mass is 548 g/mol. The summed E-state index contributed by atoms with van der Waals surface area (Å²) in [5, 5.41) is 10.1. The number of hydrogen-bond acceptors (Lipinski definition) is 5. The second-order valence-corrected chi connectivity index (χ2v) is 17.0. The Kier molecular flexibility index (Phi) is 8.64. The zero-order chi connectivity index (χ0) is 27.5. The number of ether oxygens (including phenoxy) is 2. The molecule has 0 radical (unpaired) electrons. The van der Waals surface area contributed by atoms with Crippen LogP contribution < -0.4 is 5.43 Å². The van der Waals surface area contributed by atoms with E-state index in [1.165, 1.54) is 0 Å². The molecular formula is C27H35F3N4O3Si. The number of fused-ring (bicyclic) bond motifs is 3. The van der Waals surface area contributed by atoms with Crippen molar-refractivity contribution in [3.05, 3.63) is 40.9 Å². The van der Waals surface area contributed by atoms with Crippen molar-refractivity contribution in [2.24, 2.45) is 5.92 Å². The van der Waals surface area contributed by atoms with Crippen molar-refractivity contribution in [2.75, 3.05) is 13.2 Å². The lowest BCUT2D eigenvalue weighted by Gasteiger charge is -2.32. The van der Waals surface area contributed by atoms with Gasteiger partial charge in [0.2, 0.25) is 0 Å². The lowest BCUT2D eigenvalue weighted by molar-refractivity contribution is -0.222. The number of aromatic nitrogens is 3. The van der Waals surface area contributed by atoms with Crippen LogP contribution in [0.25, 0.3) is 21.9 Å². The first-order valence-electron chi connectivity index (χ1n) is 13.1. The van der Waals surface area contributed by atoms with Crippen LogP contribution in [0.2, 0.25) is 25.7 Å². The lowest BCUT2D eigenvalue weighted by Crippen LogP contribution is -2.33. The van der Waals surface area contributed by atoms with Gasteiger partial charge < -0.3 is 18.6 Å². The van der Waals surface area contributed by atoms with E-state index in [1.54, 1.807) is 18.3 Å². The molecule has 206 valence electrons. The van der Waals surface area contributed by atoms with Gasteiger partial charge in [-0.2, -0.15) is 18.4 Å². The Morgan fingerprint density at radius 2 is 1.89 bits per heavy atom. The molecule has 7 nitrogen and oxygen atoms in total. The molecule has 0 amide bonds. The number of rotatable bonds is 10. The zero-order valence-corrected chi connectivity index (χ0v) is 23.1. The van der Waals surface area contributed by atoms with Gasteiger partial charge in [0.05, 0.1) is 30.0 Å². The molecule has 0 aliphatic heterocycles.